The van der Waals surface area contributed by atoms with Gasteiger partial charge in [-0.1, -0.05) is 48.0 Å². The first-order valence-corrected chi connectivity index (χ1v) is 9.86. The summed E-state index contributed by atoms with van der Waals surface area (Å²) in [6.45, 7) is 2.11. The van der Waals surface area contributed by atoms with Crippen LogP contribution in [0.1, 0.15) is 35.0 Å². The third-order valence-corrected chi connectivity index (χ3v) is 5.56. The van der Waals surface area contributed by atoms with E-state index in [0.717, 1.165) is 16.0 Å². The van der Waals surface area contributed by atoms with E-state index in [1.807, 2.05) is 48.7 Å². The van der Waals surface area contributed by atoms with Crippen LogP contribution in [0.4, 0.5) is 4.39 Å². The molecule has 0 unspecified atom stereocenters. The van der Waals surface area contributed by atoms with Gasteiger partial charge >= 0.3 is 0 Å². The average molecular weight is 403 g/mol. The second-order valence-corrected chi connectivity index (χ2v) is 7.58. The number of carbonyl (C=O) groups is 1. The second-order valence-electron chi connectivity index (χ2n) is 6.19. The zero-order valence-electron chi connectivity index (χ0n) is 14.8. The largest absolute Gasteiger partial charge is 0.343 e. The number of halogens is 2. The van der Waals surface area contributed by atoms with Crippen molar-refractivity contribution >= 4 is 28.8 Å². The molecule has 0 aliphatic rings. The van der Waals surface area contributed by atoms with E-state index < -0.39 is 0 Å². The number of nitrogens with one attached hydrogen (secondary N) is 2. The zero-order chi connectivity index (χ0) is 19.2. The van der Waals surface area contributed by atoms with Crippen molar-refractivity contribution in [3.8, 4) is 0 Å². The monoisotopic (exact) mass is 402 g/mol. The molecule has 2 N–H and O–H groups in total. The van der Waals surface area contributed by atoms with Crippen molar-refractivity contribution in [1.82, 2.24) is 10.6 Å². The molecule has 6 heteroatoms. The summed E-state index contributed by atoms with van der Waals surface area (Å²) in [6.07, 6.45) is 0. The van der Waals surface area contributed by atoms with Crippen molar-refractivity contribution < 1.29 is 9.18 Å². The Morgan fingerprint density at radius 2 is 1.85 bits per heavy atom. The maximum atomic E-state index is 13.3. The van der Waals surface area contributed by atoms with Crippen molar-refractivity contribution in [3.63, 3.8) is 0 Å². The van der Waals surface area contributed by atoms with Crippen molar-refractivity contribution in [1.29, 1.82) is 0 Å². The van der Waals surface area contributed by atoms with E-state index in [-0.39, 0.29) is 30.4 Å². The Morgan fingerprint density at radius 1 is 1.11 bits per heavy atom. The predicted molar refractivity (Wildman–Crippen MR) is 109 cm³/mol. The SMILES string of the molecule is C[C@H](NCC(=O)N[C@@H](c1ccc(F)cc1)c1cccs1)c1ccccc1Cl. The Balaban J connectivity index is 1.66. The van der Waals surface area contributed by atoms with Gasteiger partial charge in [0.1, 0.15) is 5.82 Å². The van der Waals surface area contributed by atoms with E-state index >= 15 is 0 Å². The molecular formula is C21H20ClFN2OS. The van der Waals surface area contributed by atoms with Gasteiger partial charge in [-0.25, -0.2) is 4.39 Å². The van der Waals surface area contributed by atoms with Crippen molar-refractivity contribution in [2.24, 2.45) is 0 Å². The minimum atomic E-state index is -0.310. The highest BCUT2D eigenvalue weighted by Crippen LogP contribution is 2.26. The molecule has 0 radical (unpaired) electrons. The number of benzene rings is 2. The molecule has 27 heavy (non-hydrogen) atoms. The molecule has 1 aromatic heterocycles. The van der Waals surface area contributed by atoms with E-state index in [2.05, 4.69) is 10.6 Å². The lowest BCUT2D eigenvalue weighted by Gasteiger charge is -2.20. The highest BCUT2D eigenvalue weighted by molar-refractivity contribution is 7.10. The molecule has 0 saturated heterocycles. The number of amides is 1. The summed E-state index contributed by atoms with van der Waals surface area (Å²) in [5.74, 6) is -0.443. The molecule has 3 nitrogen and oxygen atoms in total. The summed E-state index contributed by atoms with van der Waals surface area (Å²) in [4.78, 5) is 13.5. The number of hydrogen-bond acceptors (Lipinski definition) is 3. The van der Waals surface area contributed by atoms with E-state index in [9.17, 15) is 9.18 Å². The fourth-order valence-electron chi connectivity index (χ4n) is 2.82. The smallest absolute Gasteiger partial charge is 0.234 e. The van der Waals surface area contributed by atoms with Gasteiger partial charge in [-0.2, -0.15) is 0 Å². The Hall–Kier alpha value is -2.21. The van der Waals surface area contributed by atoms with E-state index in [0.29, 0.717) is 5.02 Å². The van der Waals surface area contributed by atoms with Gasteiger partial charge in [-0.05, 0) is 47.7 Å². The minimum Gasteiger partial charge on any atom is -0.343 e. The van der Waals surface area contributed by atoms with Crippen LogP contribution in [0.15, 0.2) is 66.0 Å². The summed E-state index contributed by atoms with van der Waals surface area (Å²) in [7, 11) is 0. The summed E-state index contributed by atoms with van der Waals surface area (Å²) >= 11 is 7.76. The molecule has 2 atom stereocenters. The molecule has 2 aromatic carbocycles. The van der Waals surface area contributed by atoms with Gasteiger partial charge in [0.05, 0.1) is 12.6 Å². The molecule has 0 aliphatic carbocycles. The van der Waals surface area contributed by atoms with Gasteiger partial charge in [-0.3, -0.25) is 4.79 Å². The Bertz CT molecular complexity index is 883. The number of rotatable bonds is 7. The third-order valence-electron chi connectivity index (χ3n) is 4.28. The minimum absolute atomic E-state index is 0.0598. The molecule has 3 rings (SSSR count). The van der Waals surface area contributed by atoms with Gasteiger partial charge in [0.25, 0.3) is 0 Å². The third kappa shape index (κ3) is 5.16. The first-order chi connectivity index (χ1) is 13.0. The van der Waals surface area contributed by atoms with Crippen LogP contribution in [0.2, 0.25) is 5.02 Å². The molecule has 3 aromatic rings. The molecule has 1 heterocycles. The topological polar surface area (TPSA) is 41.1 Å². The van der Waals surface area contributed by atoms with Gasteiger partial charge in [0, 0.05) is 15.9 Å². The van der Waals surface area contributed by atoms with Gasteiger partial charge in [-0.15, -0.1) is 11.3 Å². The van der Waals surface area contributed by atoms with Crippen LogP contribution in [-0.2, 0) is 4.79 Å². The van der Waals surface area contributed by atoms with Crippen molar-refractivity contribution in [3.05, 3.63) is 92.9 Å². The Morgan fingerprint density at radius 3 is 2.52 bits per heavy atom. The zero-order valence-corrected chi connectivity index (χ0v) is 16.4. The Kier molecular flexibility index (Phi) is 6.61. The molecule has 140 valence electrons. The molecule has 1 amide bonds. The quantitative estimate of drug-likeness (QED) is 0.577. The standard InChI is InChI=1S/C21H20ClFN2OS/c1-14(17-5-2-3-6-18(17)22)24-13-20(26)25-21(19-7-4-12-27-19)15-8-10-16(23)11-9-15/h2-12,14,21,24H,13H2,1H3,(H,25,26)/t14-,21-/m0/s1. The number of hydrogen-bond donors (Lipinski definition) is 2. The van der Waals surface area contributed by atoms with E-state index in [4.69, 9.17) is 11.6 Å². The normalized spacial score (nSPS) is 13.1. The molecule has 0 fully saturated rings. The fraction of sp³-hybridized carbons (Fsp3) is 0.190. The summed E-state index contributed by atoms with van der Waals surface area (Å²) in [5, 5.41) is 8.85. The first kappa shape index (κ1) is 19.5. The van der Waals surface area contributed by atoms with Crippen molar-refractivity contribution in [2.75, 3.05) is 6.54 Å². The lowest BCUT2D eigenvalue weighted by molar-refractivity contribution is -0.120. The fourth-order valence-corrected chi connectivity index (χ4v) is 3.93. The van der Waals surface area contributed by atoms with Crippen LogP contribution in [0.3, 0.4) is 0 Å². The van der Waals surface area contributed by atoms with Crippen LogP contribution < -0.4 is 10.6 Å². The highest BCUT2D eigenvalue weighted by Gasteiger charge is 2.18. The van der Waals surface area contributed by atoms with Crippen molar-refractivity contribution in [2.45, 2.75) is 19.0 Å². The van der Waals surface area contributed by atoms with E-state index in [1.165, 1.54) is 12.1 Å². The van der Waals surface area contributed by atoms with Gasteiger partial charge in [0.2, 0.25) is 5.91 Å². The predicted octanol–water partition coefficient (Wildman–Crippen LogP) is 5.10. The molecular weight excluding hydrogens is 383 g/mol. The molecule has 0 aliphatic heterocycles. The summed E-state index contributed by atoms with van der Waals surface area (Å²) in [5.41, 5.74) is 1.78. The maximum absolute atomic E-state index is 13.3. The average Bonchev–Trinajstić information content (AvgIpc) is 3.20. The number of carbonyl (C=O) groups excluding carboxylic acids is 1. The maximum Gasteiger partial charge on any atom is 0.234 e. The Labute approximate surface area is 167 Å². The van der Waals surface area contributed by atoms with Crippen LogP contribution >= 0.6 is 22.9 Å². The lowest BCUT2D eigenvalue weighted by Crippen LogP contribution is -2.37. The number of thiophene rings is 1. The van der Waals surface area contributed by atoms with Crippen LogP contribution in [0.5, 0.6) is 0 Å². The van der Waals surface area contributed by atoms with E-state index in [1.54, 1.807) is 23.5 Å². The summed E-state index contributed by atoms with van der Waals surface area (Å²) in [6, 6.07) is 17.3. The molecule has 0 saturated carbocycles. The van der Waals surface area contributed by atoms with Gasteiger partial charge < -0.3 is 10.6 Å². The molecule has 0 bridgehead atoms. The van der Waals surface area contributed by atoms with Crippen LogP contribution in [0, 0.1) is 5.82 Å². The highest BCUT2D eigenvalue weighted by atomic mass is 35.5. The van der Waals surface area contributed by atoms with Gasteiger partial charge in [0.15, 0.2) is 0 Å². The second kappa shape index (κ2) is 9.13. The van der Waals surface area contributed by atoms with Crippen LogP contribution in [0.25, 0.3) is 0 Å². The van der Waals surface area contributed by atoms with Crippen LogP contribution in [-0.4, -0.2) is 12.5 Å². The lowest BCUT2D eigenvalue weighted by atomic mass is 10.1. The first-order valence-electron chi connectivity index (χ1n) is 8.60. The summed E-state index contributed by atoms with van der Waals surface area (Å²) < 4.78 is 13.3. The molecule has 0 spiro atoms.